The van der Waals surface area contributed by atoms with Crippen molar-refractivity contribution in [1.29, 1.82) is 0 Å². The number of benzene rings is 2. The molecular formula is C24H23N3O3S. The van der Waals surface area contributed by atoms with Gasteiger partial charge in [-0.15, -0.1) is 10.2 Å². The van der Waals surface area contributed by atoms with Crippen molar-refractivity contribution in [2.75, 3.05) is 12.9 Å². The number of carbonyl (C=O) groups excluding carboxylic acids is 1. The van der Waals surface area contributed by atoms with Gasteiger partial charge in [0, 0.05) is 11.1 Å². The fourth-order valence-corrected chi connectivity index (χ4v) is 4.04. The molecule has 0 unspecified atom stereocenters. The molecule has 0 aliphatic rings. The molecule has 0 bridgehead atoms. The summed E-state index contributed by atoms with van der Waals surface area (Å²) in [7, 11) is 1.63. The molecule has 0 fully saturated rings. The Hall–Kier alpha value is -3.32. The van der Waals surface area contributed by atoms with Gasteiger partial charge in [-0.2, -0.15) is 0 Å². The highest BCUT2D eigenvalue weighted by molar-refractivity contribution is 7.99. The van der Waals surface area contributed by atoms with Gasteiger partial charge >= 0.3 is 0 Å². The molecule has 0 aliphatic heterocycles. The minimum atomic E-state index is 0.0585. The van der Waals surface area contributed by atoms with Crippen LogP contribution in [0.5, 0.6) is 5.75 Å². The molecule has 4 aromatic rings. The Bertz CT molecular complexity index is 1150. The molecule has 0 saturated carbocycles. The number of thioether (sulfide) groups is 1. The second-order valence-corrected chi connectivity index (χ2v) is 7.91. The Morgan fingerprint density at radius 3 is 2.65 bits per heavy atom. The first-order chi connectivity index (χ1) is 15.2. The van der Waals surface area contributed by atoms with Crippen molar-refractivity contribution in [3.63, 3.8) is 0 Å². The van der Waals surface area contributed by atoms with Crippen molar-refractivity contribution in [2.24, 2.45) is 0 Å². The summed E-state index contributed by atoms with van der Waals surface area (Å²) in [6, 6.07) is 19.2. The van der Waals surface area contributed by atoms with E-state index in [0.717, 1.165) is 23.5 Å². The third kappa shape index (κ3) is 4.88. The fraction of sp³-hybridized carbons (Fsp3) is 0.208. The summed E-state index contributed by atoms with van der Waals surface area (Å²) in [5.74, 6) is 2.55. The van der Waals surface area contributed by atoms with Gasteiger partial charge in [0.15, 0.2) is 16.8 Å². The van der Waals surface area contributed by atoms with Crippen LogP contribution < -0.4 is 4.74 Å². The first kappa shape index (κ1) is 20.9. The number of methoxy groups -OCH3 is 1. The average molecular weight is 434 g/mol. The van der Waals surface area contributed by atoms with Crippen LogP contribution in [0.15, 0.2) is 76.5 Å². The van der Waals surface area contributed by atoms with Gasteiger partial charge in [-0.25, -0.2) is 0 Å². The average Bonchev–Trinajstić information content (AvgIpc) is 3.48. The van der Waals surface area contributed by atoms with Gasteiger partial charge in [-0.1, -0.05) is 55.1 Å². The van der Waals surface area contributed by atoms with Crippen molar-refractivity contribution >= 4 is 17.5 Å². The topological polar surface area (TPSA) is 70.2 Å². The molecule has 6 nitrogen and oxygen atoms in total. The van der Waals surface area contributed by atoms with Crippen LogP contribution in [-0.4, -0.2) is 33.4 Å². The van der Waals surface area contributed by atoms with Crippen LogP contribution in [-0.2, 0) is 13.0 Å². The number of nitrogens with zero attached hydrogens (tertiary/aromatic N) is 3. The molecule has 0 N–H and O–H groups in total. The van der Waals surface area contributed by atoms with Crippen molar-refractivity contribution in [2.45, 2.75) is 25.0 Å². The number of aryl methyl sites for hydroxylation is 1. The standard InChI is InChI=1S/C24H23N3O3S/c1-3-17-9-11-18(12-10-17)22(28)16-31-24-26-25-23(19-6-4-7-20(14-19)29-2)27(24)15-21-8-5-13-30-21/h4-14H,3,15-16H2,1-2H3. The van der Waals surface area contributed by atoms with Crippen LogP contribution in [0.2, 0.25) is 0 Å². The largest absolute Gasteiger partial charge is 0.497 e. The lowest BCUT2D eigenvalue weighted by atomic mass is 10.1. The van der Waals surface area contributed by atoms with Crippen LogP contribution in [0.3, 0.4) is 0 Å². The molecular weight excluding hydrogens is 410 g/mol. The lowest BCUT2D eigenvalue weighted by Gasteiger charge is -2.09. The smallest absolute Gasteiger partial charge is 0.192 e. The molecule has 2 heterocycles. The minimum Gasteiger partial charge on any atom is -0.497 e. The van der Waals surface area contributed by atoms with Gasteiger partial charge < -0.3 is 9.15 Å². The van der Waals surface area contributed by atoms with E-state index in [2.05, 4.69) is 17.1 Å². The monoisotopic (exact) mass is 433 g/mol. The Morgan fingerprint density at radius 2 is 1.94 bits per heavy atom. The fourth-order valence-electron chi connectivity index (χ4n) is 3.21. The summed E-state index contributed by atoms with van der Waals surface area (Å²) in [5, 5.41) is 9.42. The molecule has 0 spiro atoms. The number of aromatic nitrogens is 3. The molecule has 0 radical (unpaired) electrons. The predicted molar refractivity (Wildman–Crippen MR) is 121 cm³/mol. The summed E-state index contributed by atoms with van der Waals surface area (Å²) < 4.78 is 12.8. The highest BCUT2D eigenvalue weighted by Crippen LogP contribution is 2.28. The number of ether oxygens (including phenoxy) is 1. The van der Waals surface area contributed by atoms with E-state index in [1.807, 2.05) is 65.2 Å². The molecule has 0 atom stereocenters. The first-order valence-electron chi connectivity index (χ1n) is 10.0. The lowest BCUT2D eigenvalue weighted by Crippen LogP contribution is -2.07. The maximum atomic E-state index is 12.7. The molecule has 158 valence electrons. The second kappa shape index (κ2) is 9.66. The van der Waals surface area contributed by atoms with Gasteiger partial charge in [0.25, 0.3) is 0 Å². The third-order valence-corrected chi connectivity index (χ3v) is 5.92. The number of carbonyl (C=O) groups is 1. The van der Waals surface area contributed by atoms with E-state index < -0.39 is 0 Å². The Kier molecular flexibility index (Phi) is 6.52. The van der Waals surface area contributed by atoms with E-state index >= 15 is 0 Å². The zero-order valence-electron chi connectivity index (χ0n) is 17.4. The Balaban J connectivity index is 1.59. The normalized spacial score (nSPS) is 10.9. The molecule has 0 aliphatic carbocycles. The second-order valence-electron chi connectivity index (χ2n) is 6.97. The van der Waals surface area contributed by atoms with E-state index in [0.29, 0.717) is 23.1 Å². The summed E-state index contributed by atoms with van der Waals surface area (Å²) in [4.78, 5) is 12.7. The van der Waals surface area contributed by atoms with Crippen LogP contribution in [0.1, 0.15) is 28.6 Å². The Labute approximate surface area is 185 Å². The van der Waals surface area contributed by atoms with E-state index in [1.165, 1.54) is 17.3 Å². The van der Waals surface area contributed by atoms with Crippen molar-refractivity contribution in [1.82, 2.24) is 14.8 Å². The highest BCUT2D eigenvalue weighted by atomic mass is 32.2. The van der Waals surface area contributed by atoms with E-state index in [-0.39, 0.29) is 11.5 Å². The predicted octanol–water partition coefficient (Wildman–Crippen LogP) is 5.13. The lowest BCUT2D eigenvalue weighted by molar-refractivity contribution is 0.102. The van der Waals surface area contributed by atoms with E-state index in [4.69, 9.17) is 9.15 Å². The van der Waals surface area contributed by atoms with E-state index in [9.17, 15) is 4.79 Å². The van der Waals surface area contributed by atoms with Gasteiger partial charge in [0.2, 0.25) is 0 Å². The number of hydrogen-bond donors (Lipinski definition) is 0. The summed E-state index contributed by atoms with van der Waals surface area (Å²) >= 11 is 1.37. The molecule has 31 heavy (non-hydrogen) atoms. The zero-order chi connectivity index (χ0) is 21.6. The molecule has 2 aromatic carbocycles. The number of rotatable bonds is 9. The number of ketones is 1. The minimum absolute atomic E-state index is 0.0585. The zero-order valence-corrected chi connectivity index (χ0v) is 18.3. The molecule has 4 rings (SSSR count). The molecule has 0 amide bonds. The molecule has 2 aromatic heterocycles. The summed E-state index contributed by atoms with van der Waals surface area (Å²) in [6.45, 7) is 2.56. The van der Waals surface area contributed by atoms with Gasteiger partial charge in [-0.05, 0) is 36.2 Å². The van der Waals surface area contributed by atoms with Crippen molar-refractivity contribution in [3.8, 4) is 17.1 Å². The maximum Gasteiger partial charge on any atom is 0.192 e. The van der Waals surface area contributed by atoms with Crippen LogP contribution in [0.4, 0.5) is 0 Å². The van der Waals surface area contributed by atoms with Crippen molar-refractivity contribution < 1.29 is 13.9 Å². The maximum absolute atomic E-state index is 12.7. The van der Waals surface area contributed by atoms with Gasteiger partial charge in [-0.3, -0.25) is 9.36 Å². The quantitative estimate of drug-likeness (QED) is 0.269. The number of Topliss-reactive ketones (excluding diaryl/α,β-unsaturated/α-hetero) is 1. The van der Waals surface area contributed by atoms with Gasteiger partial charge in [0.1, 0.15) is 11.5 Å². The third-order valence-electron chi connectivity index (χ3n) is 4.96. The van der Waals surface area contributed by atoms with Crippen LogP contribution in [0.25, 0.3) is 11.4 Å². The Morgan fingerprint density at radius 1 is 1.10 bits per heavy atom. The highest BCUT2D eigenvalue weighted by Gasteiger charge is 2.18. The molecule has 7 heteroatoms. The summed E-state index contributed by atoms with van der Waals surface area (Å²) in [5.41, 5.74) is 2.80. The number of furan rings is 1. The number of hydrogen-bond acceptors (Lipinski definition) is 6. The van der Waals surface area contributed by atoms with Gasteiger partial charge in [0.05, 0.1) is 25.7 Å². The summed E-state index contributed by atoms with van der Waals surface area (Å²) in [6.07, 6.45) is 2.59. The van der Waals surface area contributed by atoms with Crippen LogP contribution in [0, 0.1) is 0 Å². The molecule has 0 saturated heterocycles. The first-order valence-corrected chi connectivity index (χ1v) is 11.0. The van der Waals surface area contributed by atoms with E-state index in [1.54, 1.807) is 13.4 Å². The van der Waals surface area contributed by atoms with Crippen LogP contribution >= 0.6 is 11.8 Å². The SMILES string of the molecule is CCc1ccc(C(=O)CSc2nnc(-c3cccc(OC)c3)n2Cc2ccco2)cc1. The van der Waals surface area contributed by atoms with Crippen molar-refractivity contribution in [3.05, 3.63) is 83.8 Å².